The van der Waals surface area contributed by atoms with Crippen molar-refractivity contribution in [3.05, 3.63) is 69.8 Å². The molecule has 40 heavy (non-hydrogen) atoms. The van der Waals surface area contributed by atoms with Crippen LogP contribution in [0.15, 0.2) is 36.4 Å². The molecular formula is C38H60O2. The first-order chi connectivity index (χ1) is 19.4. The molecule has 224 valence electrons. The molecule has 2 heteroatoms. The molecule has 0 N–H and O–H groups in total. The van der Waals surface area contributed by atoms with Crippen LogP contribution in [0.3, 0.4) is 0 Å². The molecule has 0 bridgehead atoms. The predicted molar refractivity (Wildman–Crippen MR) is 179 cm³/mol. The second kappa shape index (κ2) is 22.2. The van der Waals surface area contributed by atoms with Gasteiger partial charge in [-0.15, -0.1) is 0 Å². The summed E-state index contributed by atoms with van der Waals surface area (Å²) in [6.45, 7) is 19.0. The molecule has 2 rings (SSSR count). The van der Waals surface area contributed by atoms with E-state index >= 15 is 0 Å². The highest BCUT2D eigenvalue weighted by Gasteiger charge is 2.08. The van der Waals surface area contributed by atoms with Crippen LogP contribution in [0.5, 0.6) is 11.5 Å². The summed E-state index contributed by atoms with van der Waals surface area (Å²) in [4.78, 5) is 0. The van der Waals surface area contributed by atoms with Gasteiger partial charge >= 0.3 is 0 Å². The van der Waals surface area contributed by atoms with E-state index in [9.17, 15) is 0 Å². The summed E-state index contributed by atoms with van der Waals surface area (Å²) in [6, 6.07) is 8.92. The second-order valence-electron chi connectivity index (χ2n) is 10.9. The summed E-state index contributed by atoms with van der Waals surface area (Å²) in [7, 11) is 0. The van der Waals surface area contributed by atoms with Gasteiger partial charge in [0, 0.05) is 5.56 Å². The van der Waals surface area contributed by atoms with E-state index in [1.165, 1.54) is 73.6 Å². The molecule has 0 aromatic heterocycles. The highest BCUT2D eigenvalue weighted by atomic mass is 16.5. The molecule has 0 saturated heterocycles. The van der Waals surface area contributed by atoms with Crippen molar-refractivity contribution in [1.82, 2.24) is 0 Å². The number of hydrogen-bond acceptors (Lipinski definition) is 2. The predicted octanol–water partition coefficient (Wildman–Crippen LogP) is 11.9. The molecular weight excluding hydrogens is 488 g/mol. The van der Waals surface area contributed by atoms with Crippen LogP contribution >= 0.6 is 0 Å². The van der Waals surface area contributed by atoms with Crippen LogP contribution < -0.4 is 9.47 Å². The van der Waals surface area contributed by atoms with Gasteiger partial charge in [0.05, 0.1) is 13.2 Å². The van der Waals surface area contributed by atoms with Crippen molar-refractivity contribution in [1.29, 1.82) is 0 Å². The lowest BCUT2D eigenvalue weighted by Gasteiger charge is -2.15. The Morgan fingerprint density at radius 1 is 0.525 bits per heavy atom. The fourth-order valence-corrected chi connectivity index (χ4v) is 4.90. The van der Waals surface area contributed by atoms with Crippen LogP contribution in [0.4, 0.5) is 0 Å². The van der Waals surface area contributed by atoms with E-state index in [0.717, 1.165) is 61.5 Å². The Kier molecular flexibility index (Phi) is 19.8. The van der Waals surface area contributed by atoms with E-state index in [1.807, 2.05) is 6.92 Å². The number of rotatable bonds is 18. The third-order valence-electron chi connectivity index (χ3n) is 7.37. The molecule has 2 nitrogen and oxygen atoms in total. The number of benzene rings is 2. The van der Waals surface area contributed by atoms with Crippen molar-refractivity contribution < 1.29 is 9.47 Å². The fourth-order valence-electron chi connectivity index (χ4n) is 4.90. The molecule has 0 aliphatic rings. The van der Waals surface area contributed by atoms with Gasteiger partial charge in [0.2, 0.25) is 0 Å². The minimum Gasteiger partial charge on any atom is -0.493 e. The van der Waals surface area contributed by atoms with E-state index in [1.54, 1.807) is 0 Å². The molecule has 0 saturated carbocycles. The normalized spacial score (nSPS) is 11.2. The van der Waals surface area contributed by atoms with Crippen molar-refractivity contribution in [2.45, 2.75) is 132 Å². The summed E-state index contributed by atoms with van der Waals surface area (Å²) >= 11 is 0. The standard InChI is InChI=1S/C24H40O2.C14H20/c1-5-8-10-12-14-17-25-23-20-22(16-7-3)24(19-21(23)4)26-18-15-13-11-9-6-2;1-5-8-14-10-12(6-2)11(4)9-13(14)7-3/h7,16,19-20H,5-6,8-15,17-18H2,1-4H3;5,8-10H,6-7H2,1-4H3. The molecule has 0 amide bonds. The van der Waals surface area contributed by atoms with Crippen molar-refractivity contribution in [3.8, 4) is 11.5 Å². The van der Waals surface area contributed by atoms with Crippen molar-refractivity contribution >= 4 is 12.2 Å². The molecule has 0 atom stereocenters. The van der Waals surface area contributed by atoms with Crippen LogP contribution in [0.25, 0.3) is 12.2 Å². The van der Waals surface area contributed by atoms with Crippen LogP contribution in [-0.4, -0.2) is 13.2 Å². The van der Waals surface area contributed by atoms with Crippen LogP contribution in [-0.2, 0) is 12.8 Å². The Hall–Kier alpha value is -2.48. The van der Waals surface area contributed by atoms with E-state index in [-0.39, 0.29) is 0 Å². The van der Waals surface area contributed by atoms with Gasteiger partial charge in [-0.25, -0.2) is 0 Å². The van der Waals surface area contributed by atoms with E-state index < -0.39 is 0 Å². The monoisotopic (exact) mass is 548 g/mol. The number of allylic oxidation sites excluding steroid dienone is 2. The summed E-state index contributed by atoms with van der Waals surface area (Å²) in [5.74, 6) is 1.97. The van der Waals surface area contributed by atoms with Crippen LogP contribution in [0, 0.1) is 13.8 Å². The first-order valence-electron chi connectivity index (χ1n) is 16.2. The minimum absolute atomic E-state index is 0.797. The molecule has 2 aromatic rings. The minimum atomic E-state index is 0.797. The first kappa shape index (κ1) is 35.5. The van der Waals surface area contributed by atoms with Crippen molar-refractivity contribution in [2.75, 3.05) is 13.2 Å². The quantitative estimate of drug-likeness (QED) is 0.172. The number of ether oxygens (including phenoxy) is 2. The van der Waals surface area contributed by atoms with Crippen molar-refractivity contribution in [2.24, 2.45) is 0 Å². The van der Waals surface area contributed by atoms with E-state index in [0.29, 0.717) is 0 Å². The molecule has 2 aromatic carbocycles. The lowest BCUT2D eigenvalue weighted by molar-refractivity contribution is 0.294. The van der Waals surface area contributed by atoms with Gasteiger partial charge in [0.15, 0.2) is 0 Å². The Morgan fingerprint density at radius 2 is 1.05 bits per heavy atom. The topological polar surface area (TPSA) is 18.5 Å². The maximum atomic E-state index is 6.07. The number of aryl methyl sites for hydroxylation is 4. The van der Waals surface area contributed by atoms with E-state index in [4.69, 9.17) is 9.47 Å². The molecule has 0 aliphatic carbocycles. The fraction of sp³-hybridized carbons (Fsp3) is 0.579. The summed E-state index contributed by atoms with van der Waals surface area (Å²) in [5.41, 5.74) is 8.02. The molecule has 0 fully saturated rings. The Bertz CT molecular complexity index is 999. The molecule has 0 unspecified atom stereocenters. The van der Waals surface area contributed by atoms with Gasteiger partial charge in [0.1, 0.15) is 11.5 Å². The Labute approximate surface area is 248 Å². The zero-order valence-electron chi connectivity index (χ0n) is 27.3. The lowest BCUT2D eigenvalue weighted by atomic mass is 9.96. The van der Waals surface area contributed by atoms with Gasteiger partial charge in [-0.3, -0.25) is 0 Å². The Balaban J connectivity index is 0.000000479. The average Bonchev–Trinajstić information content (AvgIpc) is 2.95. The number of hydrogen-bond donors (Lipinski definition) is 0. The highest BCUT2D eigenvalue weighted by Crippen LogP contribution is 2.30. The summed E-state index contributed by atoms with van der Waals surface area (Å²) in [6.07, 6.45) is 23.4. The van der Waals surface area contributed by atoms with Gasteiger partial charge in [-0.05, 0) is 93.3 Å². The molecule has 0 spiro atoms. The van der Waals surface area contributed by atoms with Crippen LogP contribution in [0.2, 0.25) is 0 Å². The maximum Gasteiger partial charge on any atom is 0.127 e. The maximum absolute atomic E-state index is 6.07. The molecule has 0 radical (unpaired) electrons. The largest absolute Gasteiger partial charge is 0.493 e. The summed E-state index contributed by atoms with van der Waals surface area (Å²) in [5, 5.41) is 0. The third kappa shape index (κ3) is 13.7. The van der Waals surface area contributed by atoms with Crippen LogP contribution in [0.1, 0.15) is 139 Å². The average molecular weight is 549 g/mol. The zero-order chi connectivity index (χ0) is 29.6. The van der Waals surface area contributed by atoms with E-state index in [2.05, 4.69) is 97.0 Å². The zero-order valence-corrected chi connectivity index (χ0v) is 27.3. The lowest BCUT2D eigenvalue weighted by Crippen LogP contribution is -2.02. The van der Waals surface area contributed by atoms with Gasteiger partial charge < -0.3 is 9.47 Å². The SMILES string of the molecule is CC=Cc1cc(CC)c(C)cc1CC.CC=Cc1cc(OCCCCCCC)c(C)cc1OCCCCCCC. The Morgan fingerprint density at radius 3 is 1.57 bits per heavy atom. The van der Waals surface area contributed by atoms with Gasteiger partial charge in [0.25, 0.3) is 0 Å². The van der Waals surface area contributed by atoms with Gasteiger partial charge in [-0.1, -0.05) is 115 Å². The highest BCUT2D eigenvalue weighted by molar-refractivity contribution is 5.61. The molecule has 0 aliphatic heterocycles. The smallest absolute Gasteiger partial charge is 0.127 e. The first-order valence-corrected chi connectivity index (χ1v) is 16.2. The second-order valence-corrected chi connectivity index (χ2v) is 10.9. The summed E-state index contributed by atoms with van der Waals surface area (Å²) < 4.78 is 12.1. The van der Waals surface area contributed by atoms with Gasteiger partial charge in [-0.2, -0.15) is 0 Å². The number of unbranched alkanes of at least 4 members (excludes halogenated alkanes) is 8. The third-order valence-corrected chi connectivity index (χ3v) is 7.37. The molecule has 0 heterocycles. The van der Waals surface area contributed by atoms with Crippen molar-refractivity contribution in [3.63, 3.8) is 0 Å².